The molecule has 3 nitrogen and oxygen atoms in total. The Morgan fingerprint density at radius 3 is 2.33 bits per heavy atom. The topological polar surface area (TPSA) is 18.5 Å². The Kier molecular flexibility index (Phi) is 6.68. The van der Waals surface area contributed by atoms with Gasteiger partial charge in [0.25, 0.3) is 0 Å². The zero-order valence-corrected chi connectivity index (χ0v) is 13.9. The van der Waals surface area contributed by atoms with Gasteiger partial charge in [0.15, 0.2) is 0 Å². The molecule has 0 spiro atoms. The zero-order valence-electron chi connectivity index (χ0n) is 13.9. The first-order valence-electron chi connectivity index (χ1n) is 8.48. The van der Waals surface area contributed by atoms with E-state index in [0.717, 1.165) is 13.1 Å². The number of benzene rings is 1. The Labute approximate surface area is 130 Å². The molecule has 1 aromatic carbocycles. The second-order valence-corrected chi connectivity index (χ2v) is 6.10. The van der Waals surface area contributed by atoms with Crippen LogP contribution in [-0.4, -0.2) is 55.6 Å². The minimum absolute atomic E-state index is 0.458. The largest absolute Gasteiger partial charge is 0.309 e. The number of hydrogen-bond acceptors (Lipinski definition) is 3. The van der Waals surface area contributed by atoms with E-state index >= 15 is 0 Å². The van der Waals surface area contributed by atoms with Gasteiger partial charge in [0.2, 0.25) is 0 Å². The first kappa shape index (κ1) is 16.5. The minimum atomic E-state index is 0.458. The molecule has 0 aliphatic carbocycles. The van der Waals surface area contributed by atoms with Gasteiger partial charge in [-0.1, -0.05) is 38.1 Å². The van der Waals surface area contributed by atoms with Crippen molar-refractivity contribution in [2.75, 3.05) is 45.8 Å². The Hall–Kier alpha value is -0.900. The lowest BCUT2D eigenvalue weighted by molar-refractivity contribution is 0.127. The predicted octanol–water partition coefficient (Wildman–Crippen LogP) is 2.67. The number of hydrogen-bond donors (Lipinski definition) is 1. The maximum atomic E-state index is 3.74. The Balaban J connectivity index is 1.98. The maximum absolute atomic E-state index is 3.74. The van der Waals surface area contributed by atoms with Crippen molar-refractivity contribution in [3.63, 3.8) is 0 Å². The van der Waals surface area contributed by atoms with Crippen molar-refractivity contribution in [2.24, 2.45) is 0 Å². The SMILES string of the molecule is CCCNC(CN1CCN(CC)CC1)c1ccccc1C. The molecule has 1 aliphatic rings. The number of rotatable bonds is 7. The Morgan fingerprint density at radius 1 is 1.05 bits per heavy atom. The van der Waals surface area contributed by atoms with Gasteiger partial charge in [0, 0.05) is 38.8 Å². The fourth-order valence-electron chi connectivity index (χ4n) is 3.12. The molecule has 0 aromatic heterocycles. The molecule has 0 amide bonds. The van der Waals surface area contributed by atoms with Gasteiger partial charge in [-0.2, -0.15) is 0 Å². The standard InChI is InChI=1S/C18H31N3/c1-4-10-19-18(17-9-7-6-8-16(17)3)15-21-13-11-20(5-2)12-14-21/h6-9,18-19H,4-5,10-15H2,1-3H3. The molecule has 118 valence electrons. The lowest BCUT2D eigenvalue weighted by atomic mass is 10.0. The molecule has 1 aliphatic heterocycles. The van der Waals surface area contributed by atoms with E-state index in [-0.39, 0.29) is 0 Å². The zero-order chi connectivity index (χ0) is 15.1. The highest BCUT2D eigenvalue weighted by molar-refractivity contribution is 5.29. The summed E-state index contributed by atoms with van der Waals surface area (Å²) in [5.74, 6) is 0. The summed E-state index contributed by atoms with van der Waals surface area (Å²) in [7, 11) is 0. The smallest absolute Gasteiger partial charge is 0.0451 e. The van der Waals surface area contributed by atoms with Gasteiger partial charge in [-0.15, -0.1) is 0 Å². The highest BCUT2D eigenvalue weighted by Crippen LogP contribution is 2.19. The van der Waals surface area contributed by atoms with Crippen molar-refractivity contribution < 1.29 is 0 Å². The van der Waals surface area contributed by atoms with Crippen LogP contribution in [0.3, 0.4) is 0 Å². The molecular weight excluding hydrogens is 258 g/mol. The third-order valence-electron chi connectivity index (χ3n) is 4.56. The summed E-state index contributed by atoms with van der Waals surface area (Å²) in [5, 5.41) is 3.74. The summed E-state index contributed by atoms with van der Waals surface area (Å²) in [4.78, 5) is 5.16. The van der Waals surface area contributed by atoms with E-state index in [1.807, 2.05) is 0 Å². The van der Waals surface area contributed by atoms with Gasteiger partial charge in [0.1, 0.15) is 0 Å². The van der Waals surface area contributed by atoms with Crippen LogP contribution in [0.25, 0.3) is 0 Å². The summed E-state index contributed by atoms with van der Waals surface area (Å²) in [6.45, 7) is 14.9. The van der Waals surface area contributed by atoms with Crippen molar-refractivity contribution in [1.29, 1.82) is 0 Å². The maximum Gasteiger partial charge on any atom is 0.0451 e. The predicted molar refractivity (Wildman–Crippen MR) is 90.8 cm³/mol. The molecule has 3 heteroatoms. The summed E-state index contributed by atoms with van der Waals surface area (Å²) in [5.41, 5.74) is 2.86. The van der Waals surface area contributed by atoms with E-state index in [2.05, 4.69) is 60.2 Å². The third-order valence-corrected chi connectivity index (χ3v) is 4.56. The number of aryl methyl sites for hydroxylation is 1. The van der Waals surface area contributed by atoms with Crippen molar-refractivity contribution in [3.8, 4) is 0 Å². The molecule has 1 aromatic rings. The normalized spacial score (nSPS) is 18.8. The van der Waals surface area contributed by atoms with E-state index in [1.54, 1.807) is 0 Å². The fraction of sp³-hybridized carbons (Fsp3) is 0.667. The van der Waals surface area contributed by atoms with Crippen LogP contribution in [0.4, 0.5) is 0 Å². The first-order valence-corrected chi connectivity index (χ1v) is 8.48. The Bertz CT molecular complexity index is 411. The lowest BCUT2D eigenvalue weighted by Crippen LogP contribution is -2.48. The summed E-state index contributed by atoms with van der Waals surface area (Å²) < 4.78 is 0. The summed E-state index contributed by atoms with van der Waals surface area (Å²) in [6, 6.07) is 9.27. The van der Waals surface area contributed by atoms with Gasteiger partial charge >= 0.3 is 0 Å². The van der Waals surface area contributed by atoms with E-state index < -0.39 is 0 Å². The number of likely N-dealkylation sites (N-methyl/N-ethyl adjacent to an activating group) is 1. The second-order valence-electron chi connectivity index (χ2n) is 6.10. The van der Waals surface area contributed by atoms with Gasteiger partial charge in [0.05, 0.1) is 0 Å². The molecular formula is C18H31N3. The molecule has 1 unspecified atom stereocenters. The number of nitrogens with one attached hydrogen (secondary N) is 1. The molecule has 1 fully saturated rings. The van der Waals surface area contributed by atoms with E-state index in [0.29, 0.717) is 6.04 Å². The van der Waals surface area contributed by atoms with Crippen LogP contribution in [0.15, 0.2) is 24.3 Å². The van der Waals surface area contributed by atoms with Crippen LogP contribution in [0.1, 0.15) is 37.4 Å². The highest BCUT2D eigenvalue weighted by atomic mass is 15.3. The third kappa shape index (κ3) is 4.80. The molecule has 0 saturated carbocycles. The molecule has 2 rings (SSSR count). The van der Waals surface area contributed by atoms with Crippen LogP contribution >= 0.6 is 0 Å². The number of nitrogens with zero attached hydrogens (tertiary/aromatic N) is 2. The molecule has 1 saturated heterocycles. The molecule has 21 heavy (non-hydrogen) atoms. The van der Waals surface area contributed by atoms with Crippen molar-refractivity contribution in [1.82, 2.24) is 15.1 Å². The van der Waals surface area contributed by atoms with Crippen molar-refractivity contribution >= 4 is 0 Å². The van der Waals surface area contributed by atoms with Gasteiger partial charge < -0.3 is 10.2 Å². The van der Waals surface area contributed by atoms with Gasteiger partial charge in [-0.25, -0.2) is 0 Å². The lowest BCUT2D eigenvalue weighted by Gasteiger charge is -2.36. The van der Waals surface area contributed by atoms with Crippen LogP contribution in [0.2, 0.25) is 0 Å². The molecule has 1 atom stereocenters. The highest BCUT2D eigenvalue weighted by Gasteiger charge is 2.20. The summed E-state index contributed by atoms with van der Waals surface area (Å²) >= 11 is 0. The van der Waals surface area contributed by atoms with Gasteiger partial charge in [-0.05, 0) is 37.6 Å². The van der Waals surface area contributed by atoms with Gasteiger partial charge in [-0.3, -0.25) is 4.90 Å². The van der Waals surface area contributed by atoms with E-state index in [4.69, 9.17) is 0 Å². The van der Waals surface area contributed by atoms with Crippen molar-refractivity contribution in [3.05, 3.63) is 35.4 Å². The Morgan fingerprint density at radius 2 is 1.71 bits per heavy atom. The second kappa shape index (κ2) is 8.52. The molecule has 1 heterocycles. The molecule has 0 bridgehead atoms. The van der Waals surface area contributed by atoms with E-state index in [9.17, 15) is 0 Å². The average molecular weight is 289 g/mol. The average Bonchev–Trinajstić information content (AvgIpc) is 2.53. The minimum Gasteiger partial charge on any atom is -0.309 e. The van der Waals surface area contributed by atoms with Crippen LogP contribution in [0, 0.1) is 6.92 Å². The first-order chi connectivity index (χ1) is 10.2. The van der Waals surface area contributed by atoms with Crippen LogP contribution in [0.5, 0.6) is 0 Å². The summed E-state index contributed by atoms with van der Waals surface area (Å²) in [6.07, 6.45) is 1.19. The van der Waals surface area contributed by atoms with Crippen LogP contribution < -0.4 is 5.32 Å². The van der Waals surface area contributed by atoms with E-state index in [1.165, 1.54) is 50.3 Å². The quantitative estimate of drug-likeness (QED) is 0.832. The fourth-order valence-corrected chi connectivity index (χ4v) is 3.12. The van der Waals surface area contributed by atoms with Crippen LogP contribution in [-0.2, 0) is 0 Å². The molecule has 1 N–H and O–H groups in total. The van der Waals surface area contributed by atoms with Crippen molar-refractivity contribution in [2.45, 2.75) is 33.2 Å². The monoisotopic (exact) mass is 289 g/mol. The number of piperazine rings is 1. The molecule has 0 radical (unpaired) electrons.